The summed E-state index contributed by atoms with van der Waals surface area (Å²) in [5.41, 5.74) is 0.268. The number of nitrogens with zero attached hydrogens (tertiary/aromatic N) is 2. The molecular weight excluding hydrogens is 424 g/mol. The van der Waals surface area contributed by atoms with E-state index in [2.05, 4.69) is 0 Å². The van der Waals surface area contributed by atoms with E-state index >= 15 is 0 Å². The van der Waals surface area contributed by atoms with Crippen LogP contribution in [0, 0.1) is 5.92 Å². The van der Waals surface area contributed by atoms with Gasteiger partial charge in [-0.3, -0.25) is 4.79 Å². The molecule has 0 radical (unpaired) electrons. The fraction of sp³-hybridized carbons (Fsp3) is 0.680. The number of hydrogen-bond donors (Lipinski definition) is 1. The number of methoxy groups -OCH3 is 1. The van der Waals surface area contributed by atoms with Gasteiger partial charge in [-0.2, -0.15) is 0 Å². The number of likely N-dealkylation sites (tertiary alicyclic amines) is 1. The van der Waals surface area contributed by atoms with Crippen molar-refractivity contribution in [2.75, 3.05) is 33.4 Å². The number of aromatic hydroxyl groups is 1. The van der Waals surface area contributed by atoms with Crippen LogP contribution in [0.4, 0.5) is 4.79 Å². The third-order valence-electron chi connectivity index (χ3n) is 5.76. The third kappa shape index (κ3) is 7.81. The zero-order valence-electron chi connectivity index (χ0n) is 20.3. The number of carbonyl (C=O) groups excluding carboxylic acids is 2. The highest BCUT2D eigenvalue weighted by Crippen LogP contribution is 2.33. The van der Waals surface area contributed by atoms with Gasteiger partial charge < -0.3 is 29.1 Å². The molecule has 1 heterocycles. The molecule has 0 bridgehead atoms. The molecule has 2 aliphatic rings. The van der Waals surface area contributed by atoms with Crippen LogP contribution in [-0.4, -0.2) is 72.0 Å². The molecule has 1 saturated heterocycles. The lowest BCUT2D eigenvalue weighted by molar-refractivity contribution is -0.138. The number of rotatable bonds is 9. The largest absolute Gasteiger partial charge is 0.508 e. The molecule has 1 unspecified atom stereocenters. The fourth-order valence-corrected chi connectivity index (χ4v) is 4.09. The molecule has 2 fully saturated rings. The van der Waals surface area contributed by atoms with Crippen LogP contribution in [0.1, 0.15) is 58.4 Å². The molecule has 1 aliphatic carbocycles. The highest BCUT2D eigenvalue weighted by atomic mass is 16.6. The Balaban J connectivity index is 1.65. The summed E-state index contributed by atoms with van der Waals surface area (Å²) < 4.78 is 16.3. The molecule has 1 saturated carbocycles. The maximum absolute atomic E-state index is 13.5. The summed E-state index contributed by atoms with van der Waals surface area (Å²) in [6, 6.07) is 5.35. The number of hydrogen-bond acceptors (Lipinski definition) is 6. The topological polar surface area (TPSA) is 88.5 Å². The van der Waals surface area contributed by atoms with Gasteiger partial charge in [0.05, 0.1) is 12.5 Å². The number of benzene rings is 1. The normalized spacial score (nSPS) is 18.7. The summed E-state index contributed by atoms with van der Waals surface area (Å²) in [7, 11) is 1.65. The van der Waals surface area contributed by atoms with Crippen LogP contribution in [0.2, 0.25) is 0 Å². The first kappa shape index (κ1) is 25.1. The quantitative estimate of drug-likeness (QED) is 0.559. The van der Waals surface area contributed by atoms with Crippen molar-refractivity contribution in [2.45, 2.75) is 71.1 Å². The number of phenolic OH excluding ortho intramolecular Hbond substituents is 1. The number of ether oxygens (including phenoxy) is 3. The highest BCUT2D eigenvalue weighted by molar-refractivity contribution is 5.81. The second-order valence-electron chi connectivity index (χ2n) is 9.99. The predicted octanol–water partition coefficient (Wildman–Crippen LogP) is 3.95. The van der Waals surface area contributed by atoms with Crippen molar-refractivity contribution in [1.82, 2.24) is 9.80 Å². The minimum atomic E-state index is -0.563. The third-order valence-corrected chi connectivity index (χ3v) is 5.76. The molecule has 1 atom stereocenters. The molecule has 8 nitrogen and oxygen atoms in total. The van der Waals surface area contributed by atoms with E-state index < -0.39 is 5.60 Å². The Labute approximate surface area is 196 Å². The maximum Gasteiger partial charge on any atom is 0.410 e. The Morgan fingerprint density at radius 3 is 2.58 bits per heavy atom. The molecule has 1 N–H and O–H groups in total. The van der Waals surface area contributed by atoms with E-state index in [1.165, 1.54) is 0 Å². The van der Waals surface area contributed by atoms with Gasteiger partial charge in [-0.1, -0.05) is 0 Å². The van der Waals surface area contributed by atoms with Gasteiger partial charge in [0.15, 0.2) is 0 Å². The van der Waals surface area contributed by atoms with E-state index in [9.17, 15) is 14.7 Å². The minimum Gasteiger partial charge on any atom is -0.508 e. The molecule has 1 aromatic carbocycles. The van der Waals surface area contributed by atoms with Crippen LogP contribution in [-0.2, 0) is 20.8 Å². The summed E-state index contributed by atoms with van der Waals surface area (Å²) in [6.07, 6.45) is 3.89. The first-order valence-electron chi connectivity index (χ1n) is 11.9. The molecule has 3 rings (SSSR count). The molecule has 33 heavy (non-hydrogen) atoms. The molecular formula is C25H38N2O6. The molecule has 8 heteroatoms. The number of carbonyl (C=O) groups is 2. The maximum atomic E-state index is 13.5. The lowest BCUT2D eigenvalue weighted by Gasteiger charge is -2.36. The summed E-state index contributed by atoms with van der Waals surface area (Å²) in [6.45, 7) is 8.03. The lowest BCUT2D eigenvalue weighted by atomic mass is 9.96. The number of piperidine rings is 1. The van der Waals surface area contributed by atoms with Gasteiger partial charge in [0.2, 0.25) is 5.91 Å². The summed E-state index contributed by atoms with van der Waals surface area (Å²) >= 11 is 0. The van der Waals surface area contributed by atoms with E-state index in [1.54, 1.807) is 24.1 Å². The van der Waals surface area contributed by atoms with E-state index in [0.29, 0.717) is 38.6 Å². The zero-order chi connectivity index (χ0) is 24.0. The fourth-order valence-electron chi connectivity index (χ4n) is 4.09. The first-order chi connectivity index (χ1) is 15.7. The van der Waals surface area contributed by atoms with Crippen LogP contribution < -0.4 is 4.74 Å². The highest BCUT2D eigenvalue weighted by Gasteiger charge is 2.38. The Hall–Kier alpha value is -2.48. The van der Waals surface area contributed by atoms with Crippen LogP contribution in [0.5, 0.6) is 11.5 Å². The van der Waals surface area contributed by atoms with Crippen LogP contribution in [0.15, 0.2) is 18.2 Å². The second-order valence-corrected chi connectivity index (χ2v) is 9.99. The first-order valence-corrected chi connectivity index (χ1v) is 11.9. The Kier molecular flexibility index (Phi) is 8.46. The van der Waals surface area contributed by atoms with Gasteiger partial charge >= 0.3 is 6.09 Å². The summed E-state index contributed by atoms with van der Waals surface area (Å²) in [5.74, 6) is 0.523. The average Bonchev–Trinajstić information content (AvgIpc) is 3.58. The van der Waals surface area contributed by atoms with Gasteiger partial charge in [-0.25, -0.2) is 4.79 Å². The molecule has 2 amide bonds. The second kappa shape index (κ2) is 11.1. The molecule has 0 spiro atoms. The van der Waals surface area contributed by atoms with Crippen molar-refractivity contribution in [3.63, 3.8) is 0 Å². The number of phenols is 1. The van der Waals surface area contributed by atoms with Gasteiger partial charge in [0.25, 0.3) is 0 Å². The Morgan fingerprint density at radius 1 is 1.15 bits per heavy atom. The van der Waals surface area contributed by atoms with Crippen molar-refractivity contribution < 1.29 is 28.9 Å². The van der Waals surface area contributed by atoms with Crippen LogP contribution in [0.3, 0.4) is 0 Å². The van der Waals surface area contributed by atoms with Gasteiger partial charge in [-0.05, 0) is 64.2 Å². The molecule has 0 aromatic heterocycles. The minimum absolute atomic E-state index is 0.0664. The SMILES string of the molecule is COCCCOc1cc(O)cc(CN(C(=O)C2CCCN(C(=O)OC(C)(C)C)C2)C2CC2)c1. The van der Waals surface area contributed by atoms with Gasteiger partial charge in [0.1, 0.15) is 17.1 Å². The monoisotopic (exact) mass is 462 g/mol. The van der Waals surface area contributed by atoms with Crippen molar-refractivity contribution in [3.8, 4) is 11.5 Å². The van der Waals surface area contributed by atoms with Crippen molar-refractivity contribution in [2.24, 2.45) is 5.92 Å². The summed E-state index contributed by atoms with van der Waals surface area (Å²) in [5, 5.41) is 10.2. The van der Waals surface area contributed by atoms with Crippen LogP contribution >= 0.6 is 0 Å². The van der Waals surface area contributed by atoms with E-state index in [-0.39, 0.29) is 29.7 Å². The van der Waals surface area contributed by atoms with E-state index in [0.717, 1.165) is 37.7 Å². The Bertz CT molecular complexity index is 818. The molecule has 1 aromatic rings. The summed E-state index contributed by atoms with van der Waals surface area (Å²) in [4.78, 5) is 29.6. The number of amides is 2. The van der Waals surface area contributed by atoms with Crippen LogP contribution in [0.25, 0.3) is 0 Å². The van der Waals surface area contributed by atoms with E-state index in [4.69, 9.17) is 14.2 Å². The van der Waals surface area contributed by atoms with Crippen molar-refractivity contribution in [3.05, 3.63) is 23.8 Å². The smallest absolute Gasteiger partial charge is 0.410 e. The molecule has 1 aliphatic heterocycles. The average molecular weight is 463 g/mol. The zero-order valence-corrected chi connectivity index (χ0v) is 20.3. The van der Waals surface area contributed by atoms with Gasteiger partial charge in [0, 0.05) is 51.9 Å². The molecule has 184 valence electrons. The van der Waals surface area contributed by atoms with E-state index in [1.807, 2.05) is 31.7 Å². The van der Waals surface area contributed by atoms with Crippen molar-refractivity contribution in [1.29, 1.82) is 0 Å². The van der Waals surface area contributed by atoms with Gasteiger partial charge in [-0.15, -0.1) is 0 Å². The predicted molar refractivity (Wildman–Crippen MR) is 124 cm³/mol. The Morgan fingerprint density at radius 2 is 1.91 bits per heavy atom. The lowest BCUT2D eigenvalue weighted by Crippen LogP contribution is -2.48. The van der Waals surface area contributed by atoms with Crippen molar-refractivity contribution >= 4 is 12.0 Å². The standard InChI is InChI=1S/C25H38N2O6/c1-25(2,3)33-24(30)26-10-5-7-19(17-26)23(29)27(20-8-9-20)16-18-13-21(28)15-22(14-18)32-12-6-11-31-4/h13-15,19-20,28H,5-12,16-17H2,1-4H3.